The first kappa shape index (κ1) is 29.7. The first-order valence-electron chi connectivity index (χ1n) is 15.9. The molecular weight excluding hydrogens is 608 g/mol. The monoisotopic (exact) mass is 638 g/mol. The van der Waals surface area contributed by atoms with Crippen LogP contribution in [0.25, 0.3) is 77.2 Å². The Kier molecular flexibility index (Phi) is 7.16. The Hall–Kier alpha value is -6.72. The maximum absolute atomic E-state index is 10.9. The van der Waals surface area contributed by atoms with Gasteiger partial charge in [-0.15, -0.1) is 0 Å². The summed E-state index contributed by atoms with van der Waals surface area (Å²) in [6.07, 6.45) is 0. The van der Waals surface area contributed by atoms with Crippen molar-refractivity contribution in [2.75, 3.05) is 0 Å². The lowest BCUT2D eigenvalue weighted by atomic mass is 9.84. The van der Waals surface area contributed by atoms with Crippen molar-refractivity contribution in [3.63, 3.8) is 0 Å². The molecular formula is C44H30O5. The van der Waals surface area contributed by atoms with Gasteiger partial charge in [0.2, 0.25) is 17.2 Å². The Morgan fingerprint density at radius 2 is 0.551 bits per heavy atom. The maximum atomic E-state index is 10.9. The van der Waals surface area contributed by atoms with Crippen LogP contribution < -0.4 is 0 Å². The van der Waals surface area contributed by atoms with Crippen molar-refractivity contribution in [3.05, 3.63) is 152 Å². The molecule has 0 aromatic heterocycles. The van der Waals surface area contributed by atoms with Gasteiger partial charge in [0.05, 0.1) is 5.56 Å². The highest BCUT2D eigenvalue weighted by Crippen LogP contribution is 2.55. The van der Waals surface area contributed by atoms with Crippen molar-refractivity contribution in [2.45, 2.75) is 0 Å². The predicted molar refractivity (Wildman–Crippen MR) is 197 cm³/mol. The van der Waals surface area contributed by atoms with E-state index in [1.165, 1.54) is 0 Å². The molecule has 0 amide bonds. The van der Waals surface area contributed by atoms with E-state index in [1.807, 2.05) is 60.7 Å². The third kappa shape index (κ3) is 4.96. The van der Waals surface area contributed by atoms with Gasteiger partial charge >= 0.3 is 0 Å². The van der Waals surface area contributed by atoms with E-state index in [4.69, 9.17) is 0 Å². The number of benzene rings is 8. The summed E-state index contributed by atoms with van der Waals surface area (Å²) >= 11 is 0. The highest BCUT2D eigenvalue weighted by atomic mass is 16.4. The minimum atomic E-state index is -0.994. The van der Waals surface area contributed by atoms with Crippen LogP contribution in [-0.4, -0.2) is 25.5 Å². The lowest BCUT2D eigenvalue weighted by molar-refractivity contribution is 0.330. The van der Waals surface area contributed by atoms with Crippen molar-refractivity contribution in [3.8, 4) is 84.4 Å². The molecule has 0 atom stereocenters. The molecule has 0 bridgehead atoms. The molecule has 5 nitrogen and oxygen atoms in total. The molecule has 5 N–H and O–H groups in total. The summed E-state index contributed by atoms with van der Waals surface area (Å²) < 4.78 is 0. The molecule has 0 aliphatic carbocycles. The fourth-order valence-electron chi connectivity index (χ4n) is 6.83. The minimum Gasteiger partial charge on any atom is -0.504 e. The number of rotatable bonds is 5. The normalized spacial score (nSPS) is 11.3. The molecule has 49 heavy (non-hydrogen) atoms. The zero-order valence-corrected chi connectivity index (χ0v) is 26.2. The molecule has 0 saturated heterocycles. The summed E-state index contributed by atoms with van der Waals surface area (Å²) in [6, 6.07) is 51.0. The minimum absolute atomic E-state index is 0.193. The Balaban J connectivity index is 1.42. The number of aromatic hydroxyl groups is 5. The van der Waals surface area contributed by atoms with E-state index in [0.717, 1.165) is 66.1 Å². The van der Waals surface area contributed by atoms with Gasteiger partial charge in [-0.2, -0.15) is 0 Å². The Morgan fingerprint density at radius 3 is 1.02 bits per heavy atom. The maximum Gasteiger partial charge on any atom is 0.208 e. The van der Waals surface area contributed by atoms with Crippen molar-refractivity contribution >= 4 is 21.5 Å². The number of hydrogen-bond acceptors (Lipinski definition) is 5. The van der Waals surface area contributed by atoms with Crippen LogP contribution >= 0.6 is 0 Å². The van der Waals surface area contributed by atoms with E-state index in [0.29, 0.717) is 5.56 Å². The van der Waals surface area contributed by atoms with Gasteiger partial charge in [-0.25, -0.2) is 0 Å². The second-order valence-electron chi connectivity index (χ2n) is 12.1. The molecule has 236 valence electrons. The molecule has 0 aliphatic heterocycles. The highest BCUT2D eigenvalue weighted by Gasteiger charge is 2.25. The van der Waals surface area contributed by atoms with E-state index in [1.54, 1.807) is 6.07 Å². The molecule has 8 rings (SSSR count). The van der Waals surface area contributed by atoms with Gasteiger partial charge in [0.15, 0.2) is 11.5 Å². The van der Waals surface area contributed by atoms with Gasteiger partial charge in [-0.1, -0.05) is 146 Å². The number of fused-ring (bicyclic) bond motifs is 2. The molecule has 8 aromatic rings. The quantitative estimate of drug-likeness (QED) is 0.0734. The summed E-state index contributed by atoms with van der Waals surface area (Å²) in [7, 11) is 0. The molecule has 8 aromatic carbocycles. The van der Waals surface area contributed by atoms with Crippen molar-refractivity contribution in [1.29, 1.82) is 0 Å². The summed E-state index contributed by atoms with van der Waals surface area (Å²) in [5.74, 6) is -4.30. The molecule has 0 fully saturated rings. The van der Waals surface area contributed by atoms with Crippen LogP contribution in [0.15, 0.2) is 152 Å². The first-order chi connectivity index (χ1) is 23.9. The highest BCUT2D eigenvalue weighted by molar-refractivity contribution is 6.22. The molecule has 0 aliphatic rings. The van der Waals surface area contributed by atoms with Crippen LogP contribution in [0, 0.1) is 0 Å². The van der Waals surface area contributed by atoms with Gasteiger partial charge in [0, 0.05) is 0 Å². The van der Waals surface area contributed by atoms with E-state index < -0.39 is 28.7 Å². The standard InChI is InChI=1S/C44H30O5/c45-40-39(41(46)43(48)44(49)42(40)47)32-23-24-35-36(25-32)38(31-21-17-29(18-22-31)27-11-5-2-6-12-27)34-14-8-7-13-33(34)37(35)30-19-15-28(16-20-30)26-9-3-1-4-10-26/h1-25,45-49H. The third-order valence-electron chi connectivity index (χ3n) is 9.24. The Morgan fingerprint density at radius 1 is 0.224 bits per heavy atom. The molecule has 0 radical (unpaired) electrons. The van der Waals surface area contributed by atoms with Crippen LogP contribution in [-0.2, 0) is 0 Å². The number of phenols is 5. The smallest absolute Gasteiger partial charge is 0.208 e. The number of hydrogen-bond donors (Lipinski definition) is 5. The third-order valence-corrected chi connectivity index (χ3v) is 9.24. The van der Waals surface area contributed by atoms with Gasteiger partial charge in [-0.3, -0.25) is 0 Å². The molecule has 0 heterocycles. The van der Waals surface area contributed by atoms with Gasteiger partial charge in [0.25, 0.3) is 0 Å². The summed E-state index contributed by atoms with van der Waals surface area (Å²) in [5.41, 5.74) is 8.53. The lowest BCUT2D eigenvalue weighted by Gasteiger charge is -2.20. The topological polar surface area (TPSA) is 101 Å². The second-order valence-corrected chi connectivity index (χ2v) is 12.1. The van der Waals surface area contributed by atoms with Gasteiger partial charge in [0.1, 0.15) is 0 Å². The van der Waals surface area contributed by atoms with E-state index >= 15 is 0 Å². The molecule has 0 unspecified atom stereocenters. The van der Waals surface area contributed by atoms with Crippen LogP contribution in [0.4, 0.5) is 0 Å². The summed E-state index contributed by atoms with van der Waals surface area (Å²) in [6.45, 7) is 0. The van der Waals surface area contributed by atoms with Crippen molar-refractivity contribution in [1.82, 2.24) is 0 Å². The zero-order valence-electron chi connectivity index (χ0n) is 26.2. The fourth-order valence-corrected chi connectivity index (χ4v) is 6.83. The first-order valence-corrected chi connectivity index (χ1v) is 15.9. The average Bonchev–Trinajstić information content (AvgIpc) is 3.16. The van der Waals surface area contributed by atoms with E-state index in [9.17, 15) is 25.5 Å². The van der Waals surface area contributed by atoms with Crippen LogP contribution in [0.2, 0.25) is 0 Å². The van der Waals surface area contributed by atoms with E-state index in [-0.39, 0.29) is 5.56 Å². The average molecular weight is 639 g/mol. The van der Waals surface area contributed by atoms with Gasteiger partial charge < -0.3 is 25.5 Å². The van der Waals surface area contributed by atoms with Crippen LogP contribution in [0.3, 0.4) is 0 Å². The Bertz CT molecular complexity index is 2480. The van der Waals surface area contributed by atoms with Crippen molar-refractivity contribution in [2.24, 2.45) is 0 Å². The lowest BCUT2D eigenvalue weighted by Crippen LogP contribution is -1.92. The van der Waals surface area contributed by atoms with Gasteiger partial charge in [-0.05, 0) is 77.7 Å². The predicted octanol–water partition coefficient (Wildman–Crippen LogP) is 10.9. The van der Waals surface area contributed by atoms with Crippen LogP contribution in [0.5, 0.6) is 28.7 Å². The molecule has 0 saturated carbocycles. The number of phenolic OH excluding ortho intramolecular Hbond substituents is 5. The Labute approximate surface area is 282 Å². The summed E-state index contributed by atoms with van der Waals surface area (Å²) in [5, 5.41) is 56.4. The second kappa shape index (κ2) is 11.8. The summed E-state index contributed by atoms with van der Waals surface area (Å²) in [4.78, 5) is 0. The molecule has 5 heteroatoms. The van der Waals surface area contributed by atoms with Crippen molar-refractivity contribution < 1.29 is 25.5 Å². The fraction of sp³-hybridized carbons (Fsp3) is 0. The molecule has 0 spiro atoms. The largest absolute Gasteiger partial charge is 0.504 e. The van der Waals surface area contributed by atoms with Crippen LogP contribution in [0.1, 0.15) is 0 Å². The van der Waals surface area contributed by atoms with E-state index in [2.05, 4.69) is 84.9 Å². The SMILES string of the molecule is Oc1c(O)c(O)c(-c2ccc3c(-c4ccc(-c5ccccc5)cc4)c4ccccc4c(-c4ccc(-c5ccccc5)cc4)c3c2)c(O)c1O. The zero-order chi connectivity index (χ0) is 33.6.